The van der Waals surface area contributed by atoms with Gasteiger partial charge in [0, 0.05) is 0 Å². The van der Waals surface area contributed by atoms with Crippen molar-refractivity contribution in [3.63, 3.8) is 0 Å². The third-order valence-electron chi connectivity index (χ3n) is 1.86. The highest BCUT2D eigenvalue weighted by molar-refractivity contribution is 5.78. The van der Waals surface area contributed by atoms with E-state index in [0.29, 0.717) is 0 Å². The lowest BCUT2D eigenvalue weighted by atomic mass is 10.1. The molecule has 0 saturated heterocycles. The summed E-state index contributed by atoms with van der Waals surface area (Å²) in [5.41, 5.74) is 10.4. The van der Waals surface area contributed by atoms with Gasteiger partial charge in [-0.05, 0) is 12.5 Å². The summed E-state index contributed by atoms with van der Waals surface area (Å²) in [5, 5.41) is 2.78. The van der Waals surface area contributed by atoms with Gasteiger partial charge in [-0.1, -0.05) is 30.3 Å². The lowest BCUT2D eigenvalue weighted by Crippen LogP contribution is -2.32. The number of amides is 2. The van der Waals surface area contributed by atoms with Crippen LogP contribution in [0.1, 0.15) is 18.5 Å². The van der Waals surface area contributed by atoms with Crippen LogP contribution in [-0.4, -0.2) is 18.9 Å². The van der Waals surface area contributed by atoms with Gasteiger partial charge in [-0.3, -0.25) is 9.59 Å². The molecule has 88 valence electrons. The molecule has 0 saturated carbocycles. The smallest absolute Gasteiger partial charge is 0.234 e. The summed E-state index contributed by atoms with van der Waals surface area (Å²) >= 11 is 0. The number of carbonyl (C=O) groups excluding carboxylic acids is 2. The highest BCUT2D eigenvalue weighted by atomic mass is 16.1. The lowest BCUT2D eigenvalue weighted by Gasteiger charge is -2.12. The molecule has 0 aliphatic heterocycles. The van der Waals surface area contributed by atoms with E-state index in [1.807, 2.05) is 37.3 Å². The second kappa shape index (κ2) is 8.43. The van der Waals surface area contributed by atoms with Crippen molar-refractivity contribution in [2.75, 3.05) is 6.54 Å². The predicted molar refractivity (Wildman–Crippen MR) is 62.3 cm³/mol. The molecule has 5 N–H and O–H groups in total. The van der Waals surface area contributed by atoms with Crippen LogP contribution >= 0.6 is 0 Å². The SMILES string of the molecule is C[C@@H](NC(=O)CN)c1ccccc1.NC=O. The Labute approximate surface area is 94.8 Å². The molecular weight excluding hydrogens is 206 g/mol. The number of benzene rings is 1. The molecule has 0 fully saturated rings. The number of rotatable bonds is 3. The zero-order valence-corrected chi connectivity index (χ0v) is 9.22. The normalized spacial score (nSPS) is 10.6. The minimum atomic E-state index is -0.128. The molecule has 1 aromatic rings. The third-order valence-corrected chi connectivity index (χ3v) is 1.86. The first-order valence-corrected chi connectivity index (χ1v) is 4.85. The summed E-state index contributed by atoms with van der Waals surface area (Å²) < 4.78 is 0. The van der Waals surface area contributed by atoms with E-state index in [0.717, 1.165) is 5.56 Å². The summed E-state index contributed by atoms with van der Waals surface area (Å²) in [4.78, 5) is 19.5. The molecule has 0 aliphatic rings. The Balaban J connectivity index is 0.000000673. The minimum absolute atomic E-state index is 0.0252. The fourth-order valence-corrected chi connectivity index (χ4v) is 1.13. The molecule has 0 heterocycles. The molecule has 1 atom stereocenters. The number of nitrogens with one attached hydrogen (secondary N) is 1. The van der Waals surface area contributed by atoms with Crippen LogP contribution in [0.25, 0.3) is 0 Å². The number of hydrogen-bond donors (Lipinski definition) is 3. The molecule has 0 bridgehead atoms. The van der Waals surface area contributed by atoms with E-state index in [2.05, 4.69) is 11.1 Å². The topological polar surface area (TPSA) is 98.2 Å². The van der Waals surface area contributed by atoms with E-state index in [4.69, 9.17) is 10.5 Å². The van der Waals surface area contributed by atoms with Gasteiger partial charge in [0.05, 0.1) is 12.6 Å². The lowest BCUT2D eigenvalue weighted by molar-refractivity contribution is -0.120. The van der Waals surface area contributed by atoms with Crippen molar-refractivity contribution in [2.24, 2.45) is 11.5 Å². The Hall–Kier alpha value is -1.88. The van der Waals surface area contributed by atoms with Gasteiger partial charge in [0.25, 0.3) is 0 Å². The fourth-order valence-electron chi connectivity index (χ4n) is 1.13. The summed E-state index contributed by atoms with van der Waals surface area (Å²) in [7, 11) is 0. The van der Waals surface area contributed by atoms with Crippen molar-refractivity contribution >= 4 is 12.3 Å². The largest absolute Gasteiger partial charge is 0.372 e. The highest BCUT2D eigenvalue weighted by Gasteiger charge is 2.06. The molecule has 5 nitrogen and oxygen atoms in total. The van der Waals surface area contributed by atoms with E-state index in [-0.39, 0.29) is 24.9 Å². The first-order chi connectivity index (χ1) is 7.65. The number of nitrogens with two attached hydrogens (primary N) is 2. The van der Waals surface area contributed by atoms with Crippen molar-refractivity contribution in [1.29, 1.82) is 0 Å². The van der Waals surface area contributed by atoms with E-state index in [1.54, 1.807) is 0 Å². The van der Waals surface area contributed by atoms with Crippen molar-refractivity contribution in [2.45, 2.75) is 13.0 Å². The van der Waals surface area contributed by atoms with Crippen molar-refractivity contribution in [1.82, 2.24) is 5.32 Å². The molecule has 16 heavy (non-hydrogen) atoms. The van der Waals surface area contributed by atoms with Crippen LogP contribution in [0.4, 0.5) is 0 Å². The third kappa shape index (κ3) is 5.77. The van der Waals surface area contributed by atoms with Gasteiger partial charge in [0.15, 0.2) is 0 Å². The second-order valence-electron chi connectivity index (χ2n) is 3.04. The highest BCUT2D eigenvalue weighted by Crippen LogP contribution is 2.10. The quantitative estimate of drug-likeness (QED) is 0.625. The van der Waals surface area contributed by atoms with Crippen molar-refractivity contribution in [3.8, 4) is 0 Å². The van der Waals surface area contributed by atoms with Gasteiger partial charge in [0.1, 0.15) is 0 Å². The van der Waals surface area contributed by atoms with Crippen LogP contribution in [-0.2, 0) is 9.59 Å². The maximum absolute atomic E-state index is 11.0. The average molecular weight is 223 g/mol. The van der Waals surface area contributed by atoms with Crippen molar-refractivity contribution < 1.29 is 9.59 Å². The van der Waals surface area contributed by atoms with Gasteiger partial charge in [-0.15, -0.1) is 0 Å². The van der Waals surface area contributed by atoms with Crippen molar-refractivity contribution in [3.05, 3.63) is 35.9 Å². The predicted octanol–water partition coefficient (Wildman–Crippen LogP) is -0.0760. The molecule has 0 aliphatic carbocycles. The van der Waals surface area contributed by atoms with E-state index in [9.17, 15) is 4.79 Å². The summed E-state index contributed by atoms with van der Waals surface area (Å²) in [5.74, 6) is -0.128. The molecule has 0 radical (unpaired) electrons. The second-order valence-corrected chi connectivity index (χ2v) is 3.04. The number of carbonyl (C=O) groups is 2. The van der Waals surface area contributed by atoms with Gasteiger partial charge in [-0.25, -0.2) is 0 Å². The fraction of sp³-hybridized carbons (Fsp3) is 0.273. The first kappa shape index (κ1) is 14.1. The maximum Gasteiger partial charge on any atom is 0.234 e. The van der Waals surface area contributed by atoms with Gasteiger partial charge < -0.3 is 16.8 Å². The molecule has 0 spiro atoms. The number of primary amides is 1. The monoisotopic (exact) mass is 223 g/mol. The van der Waals surface area contributed by atoms with Crippen LogP contribution in [0, 0.1) is 0 Å². The maximum atomic E-state index is 11.0. The molecule has 1 aromatic carbocycles. The summed E-state index contributed by atoms with van der Waals surface area (Å²) in [6.07, 6.45) is 0.250. The molecule has 5 heteroatoms. The van der Waals surface area contributed by atoms with Crippen LogP contribution in [0.5, 0.6) is 0 Å². The molecule has 0 aromatic heterocycles. The first-order valence-electron chi connectivity index (χ1n) is 4.85. The van der Waals surface area contributed by atoms with Gasteiger partial charge in [-0.2, -0.15) is 0 Å². The average Bonchev–Trinajstić information content (AvgIpc) is 2.31. The zero-order chi connectivity index (χ0) is 12.4. The van der Waals surface area contributed by atoms with Crippen LogP contribution in [0.2, 0.25) is 0 Å². The van der Waals surface area contributed by atoms with Crippen LogP contribution < -0.4 is 16.8 Å². The Bertz CT molecular complexity index is 314. The molecule has 1 rings (SSSR count). The van der Waals surface area contributed by atoms with E-state index < -0.39 is 0 Å². The Morgan fingerprint density at radius 2 is 1.94 bits per heavy atom. The standard InChI is InChI=1S/C10H14N2O.CH3NO/c1-8(12-10(13)7-11)9-5-3-2-4-6-9;2-1-3/h2-6,8H,7,11H2,1H3,(H,12,13);1H,(H2,2,3)/t8-;/m1./s1. The summed E-state index contributed by atoms with van der Waals surface area (Å²) in [6, 6.07) is 9.81. The van der Waals surface area contributed by atoms with Gasteiger partial charge >= 0.3 is 0 Å². The summed E-state index contributed by atoms with van der Waals surface area (Å²) in [6.45, 7) is 1.97. The van der Waals surface area contributed by atoms with E-state index >= 15 is 0 Å². The zero-order valence-electron chi connectivity index (χ0n) is 9.22. The van der Waals surface area contributed by atoms with Gasteiger partial charge in [0.2, 0.25) is 12.3 Å². The Morgan fingerprint density at radius 3 is 2.38 bits per heavy atom. The Kier molecular flexibility index (Phi) is 7.44. The molecular formula is C11H17N3O2. The van der Waals surface area contributed by atoms with Crippen LogP contribution in [0.15, 0.2) is 30.3 Å². The Morgan fingerprint density at radius 1 is 1.44 bits per heavy atom. The molecule has 0 unspecified atom stereocenters. The van der Waals surface area contributed by atoms with E-state index in [1.165, 1.54) is 0 Å². The molecule has 2 amide bonds. The minimum Gasteiger partial charge on any atom is -0.372 e. The van der Waals surface area contributed by atoms with Crippen LogP contribution in [0.3, 0.4) is 0 Å². The number of hydrogen-bond acceptors (Lipinski definition) is 3.